The normalized spacial score (nSPS) is 16.2. The largest absolute Gasteiger partial charge is 0.484 e. The van der Waals surface area contributed by atoms with Crippen LogP contribution in [0.25, 0.3) is 0 Å². The predicted octanol–water partition coefficient (Wildman–Crippen LogP) is 2.73. The summed E-state index contributed by atoms with van der Waals surface area (Å²) in [4.78, 5) is 14.6. The summed E-state index contributed by atoms with van der Waals surface area (Å²) in [5.74, 6) is 0.340. The maximum atomic E-state index is 12.6. The van der Waals surface area contributed by atoms with Gasteiger partial charge < -0.3 is 9.64 Å². The number of hydrogen-bond acceptors (Lipinski definition) is 4. The van der Waals surface area contributed by atoms with Crippen LogP contribution in [0.4, 0.5) is 5.69 Å². The zero-order valence-electron chi connectivity index (χ0n) is 15.5. The van der Waals surface area contributed by atoms with Crippen molar-refractivity contribution in [1.82, 2.24) is 4.72 Å². The number of fused-ring (bicyclic) bond motifs is 1. The molecule has 1 heterocycles. The number of anilines is 1. The Morgan fingerprint density at radius 3 is 2.59 bits per heavy atom. The fourth-order valence-electron chi connectivity index (χ4n) is 3.19. The van der Waals surface area contributed by atoms with Crippen molar-refractivity contribution in [2.75, 3.05) is 18.1 Å². The number of nitrogens with zero attached hydrogens (tertiary/aromatic N) is 1. The fraction of sp³-hybridized carbons (Fsp3) is 0.350. The topological polar surface area (TPSA) is 75.7 Å². The number of carbonyl (C=O) groups excluding carboxylic acids is 1. The van der Waals surface area contributed by atoms with Gasteiger partial charge in [0.05, 0.1) is 4.90 Å². The highest BCUT2D eigenvalue weighted by Crippen LogP contribution is 2.31. The van der Waals surface area contributed by atoms with Crippen molar-refractivity contribution < 1.29 is 17.9 Å². The van der Waals surface area contributed by atoms with Gasteiger partial charge in [0, 0.05) is 18.3 Å². The minimum Gasteiger partial charge on any atom is -0.484 e. The molecule has 144 valence electrons. The van der Waals surface area contributed by atoms with Crippen LogP contribution < -0.4 is 14.4 Å². The molecule has 0 spiro atoms. The number of para-hydroxylation sites is 1. The lowest BCUT2D eigenvalue weighted by atomic mass is 10.1. The third-order valence-electron chi connectivity index (χ3n) is 4.51. The van der Waals surface area contributed by atoms with Crippen LogP contribution in [-0.4, -0.2) is 33.5 Å². The van der Waals surface area contributed by atoms with E-state index in [9.17, 15) is 13.2 Å². The van der Waals surface area contributed by atoms with Gasteiger partial charge in [0.1, 0.15) is 5.75 Å². The van der Waals surface area contributed by atoms with Gasteiger partial charge in [-0.2, -0.15) is 0 Å². The molecule has 0 saturated carbocycles. The highest BCUT2D eigenvalue weighted by Gasteiger charge is 2.30. The lowest BCUT2D eigenvalue weighted by Gasteiger charge is -2.22. The molecule has 0 unspecified atom stereocenters. The molecule has 0 fully saturated rings. The Balaban J connectivity index is 1.63. The van der Waals surface area contributed by atoms with Crippen molar-refractivity contribution in [3.05, 3.63) is 54.1 Å². The molecule has 27 heavy (non-hydrogen) atoms. The van der Waals surface area contributed by atoms with E-state index in [1.54, 1.807) is 17.0 Å². The van der Waals surface area contributed by atoms with Crippen molar-refractivity contribution in [3.8, 4) is 5.75 Å². The molecule has 3 rings (SSSR count). The second kappa shape index (κ2) is 8.10. The molecule has 0 aromatic heterocycles. The first-order valence-corrected chi connectivity index (χ1v) is 10.5. The number of nitrogens with one attached hydrogen (secondary N) is 1. The van der Waals surface area contributed by atoms with Crippen molar-refractivity contribution >= 4 is 21.6 Å². The first kappa shape index (κ1) is 19.4. The number of sulfonamides is 1. The smallest absolute Gasteiger partial charge is 0.265 e. The maximum Gasteiger partial charge on any atom is 0.265 e. The van der Waals surface area contributed by atoms with Gasteiger partial charge in [-0.3, -0.25) is 4.79 Å². The van der Waals surface area contributed by atoms with Crippen LogP contribution in [0.3, 0.4) is 0 Å². The number of carbonyl (C=O) groups is 1. The van der Waals surface area contributed by atoms with Gasteiger partial charge in [-0.05, 0) is 55.7 Å². The van der Waals surface area contributed by atoms with Gasteiger partial charge >= 0.3 is 0 Å². The van der Waals surface area contributed by atoms with Crippen molar-refractivity contribution in [2.24, 2.45) is 0 Å². The molecule has 1 aliphatic heterocycles. The Labute approximate surface area is 160 Å². The van der Waals surface area contributed by atoms with Crippen LogP contribution in [0, 0.1) is 0 Å². The second-order valence-corrected chi connectivity index (χ2v) is 8.37. The molecular formula is C20H24N2O4S. The minimum absolute atomic E-state index is 0.0932. The zero-order valence-corrected chi connectivity index (χ0v) is 16.3. The first-order valence-electron chi connectivity index (χ1n) is 9.05. The monoisotopic (exact) mass is 388 g/mol. The van der Waals surface area contributed by atoms with E-state index in [2.05, 4.69) is 4.72 Å². The Morgan fingerprint density at radius 1 is 1.19 bits per heavy atom. The minimum atomic E-state index is -3.51. The van der Waals surface area contributed by atoms with E-state index in [0.29, 0.717) is 12.3 Å². The molecule has 0 saturated heterocycles. The lowest BCUT2D eigenvalue weighted by molar-refractivity contribution is -0.120. The summed E-state index contributed by atoms with van der Waals surface area (Å²) < 4.78 is 32.3. The molecule has 1 aliphatic rings. The van der Waals surface area contributed by atoms with Gasteiger partial charge in [-0.15, -0.1) is 0 Å². The summed E-state index contributed by atoms with van der Waals surface area (Å²) in [5, 5.41) is 0. The van der Waals surface area contributed by atoms with E-state index in [-0.39, 0.29) is 23.5 Å². The zero-order chi connectivity index (χ0) is 19.4. The first-order chi connectivity index (χ1) is 12.9. The molecule has 2 aromatic rings. The van der Waals surface area contributed by atoms with Crippen molar-refractivity contribution in [1.29, 1.82) is 0 Å². The fourth-order valence-corrected chi connectivity index (χ4v) is 4.33. The molecule has 7 heteroatoms. The Hall–Kier alpha value is -2.38. The molecule has 0 radical (unpaired) electrons. The van der Waals surface area contributed by atoms with Gasteiger partial charge in [0.2, 0.25) is 10.0 Å². The van der Waals surface area contributed by atoms with Crippen LogP contribution in [0.2, 0.25) is 0 Å². The van der Waals surface area contributed by atoms with Gasteiger partial charge in [-0.25, -0.2) is 13.1 Å². The van der Waals surface area contributed by atoms with E-state index in [4.69, 9.17) is 4.74 Å². The second-order valence-electron chi connectivity index (χ2n) is 6.60. The highest BCUT2D eigenvalue weighted by molar-refractivity contribution is 7.89. The quantitative estimate of drug-likeness (QED) is 0.791. The summed E-state index contributed by atoms with van der Waals surface area (Å²) in [6.45, 7) is 4.21. The van der Waals surface area contributed by atoms with Crippen LogP contribution in [0.15, 0.2) is 53.4 Å². The van der Waals surface area contributed by atoms with Gasteiger partial charge in [-0.1, -0.05) is 25.1 Å². The van der Waals surface area contributed by atoms with E-state index in [0.717, 1.165) is 24.1 Å². The molecule has 1 amide bonds. The Kier molecular flexibility index (Phi) is 5.82. The third-order valence-corrected chi connectivity index (χ3v) is 5.99. The average Bonchev–Trinajstić information content (AvgIpc) is 3.00. The third kappa shape index (κ3) is 4.31. The molecule has 2 aromatic carbocycles. The van der Waals surface area contributed by atoms with Crippen LogP contribution >= 0.6 is 0 Å². The molecule has 0 aliphatic carbocycles. The molecular weight excluding hydrogens is 364 g/mol. The number of ether oxygens (including phenoxy) is 1. The van der Waals surface area contributed by atoms with Crippen LogP contribution in [0.1, 0.15) is 25.8 Å². The van der Waals surface area contributed by atoms with Crippen LogP contribution in [-0.2, 0) is 21.2 Å². The highest BCUT2D eigenvalue weighted by atomic mass is 32.2. The molecule has 1 N–H and O–H groups in total. The summed E-state index contributed by atoms with van der Waals surface area (Å²) in [5.41, 5.74) is 2.09. The van der Waals surface area contributed by atoms with E-state index in [1.165, 1.54) is 12.1 Å². The predicted molar refractivity (Wildman–Crippen MR) is 105 cm³/mol. The van der Waals surface area contributed by atoms with E-state index in [1.807, 2.05) is 38.1 Å². The summed E-state index contributed by atoms with van der Waals surface area (Å²) in [6.07, 6.45) is 1.56. The van der Waals surface area contributed by atoms with Gasteiger partial charge in [0.15, 0.2) is 6.61 Å². The molecule has 6 nitrogen and oxygen atoms in total. The standard InChI is InChI=1S/C20H24N2O4S/c1-3-12-21-27(24,25)18-10-8-17(9-11-18)26-14-20(23)22-15(2)13-16-6-4-5-7-19(16)22/h4-11,15,21H,3,12-14H2,1-2H3/t15-/m0/s1. The van der Waals surface area contributed by atoms with Crippen molar-refractivity contribution in [2.45, 2.75) is 37.6 Å². The average molecular weight is 388 g/mol. The number of hydrogen-bond donors (Lipinski definition) is 1. The lowest BCUT2D eigenvalue weighted by Crippen LogP contribution is -2.39. The number of rotatable bonds is 7. The van der Waals surface area contributed by atoms with Crippen molar-refractivity contribution in [3.63, 3.8) is 0 Å². The molecule has 0 bridgehead atoms. The van der Waals surface area contributed by atoms with E-state index >= 15 is 0 Å². The number of amides is 1. The summed E-state index contributed by atoms with van der Waals surface area (Å²) in [7, 11) is -3.51. The summed E-state index contributed by atoms with van der Waals surface area (Å²) >= 11 is 0. The van der Waals surface area contributed by atoms with Crippen LogP contribution in [0.5, 0.6) is 5.75 Å². The SMILES string of the molecule is CCCNS(=O)(=O)c1ccc(OCC(=O)N2c3ccccc3C[C@@H]2C)cc1. The number of benzene rings is 2. The summed E-state index contributed by atoms with van der Waals surface area (Å²) in [6, 6.07) is 14.0. The van der Waals surface area contributed by atoms with Gasteiger partial charge in [0.25, 0.3) is 5.91 Å². The molecule has 1 atom stereocenters. The maximum absolute atomic E-state index is 12.6. The Bertz CT molecular complexity index is 910. The Morgan fingerprint density at radius 2 is 1.89 bits per heavy atom. The van der Waals surface area contributed by atoms with E-state index < -0.39 is 10.0 Å².